The molecule has 2 N–H and O–H groups in total. The molecule has 1 aromatic carbocycles. The first kappa shape index (κ1) is 34.5. The first-order valence-corrected chi connectivity index (χ1v) is 15.7. The van der Waals surface area contributed by atoms with Crippen LogP contribution >= 0.6 is 0 Å². The number of hydrogen-bond donors (Lipinski definition) is 2. The fourth-order valence-corrected chi connectivity index (χ4v) is 5.61. The van der Waals surface area contributed by atoms with Gasteiger partial charge < -0.3 is 39.1 Å². The van der Waals surface area contributed by atoms with E-state index >= 15 is 0 Å². The first-order valence-electron chi connectivity index (χ1n) is 15.7. The maximum Gasteiger partial charge on any atom is 0.408 e. The van der Waals surface area contributed by atoms with Gasteiger partial charge in [0.05, 0.1) is 19.0 Å². The third-order valence-electron chi connectivity index (χ3n) is 7.90. The molecule has 16 heteroatoms. The van der Waals surface area contributed by atoms with Crippen molar-refractivity contribution < 1.29 is 47.6 Å². The van der Waals surface area contributed by atoms with Gasteiger partial charge in [-0.25, -0.2) is 24.5 Å². The number of fused-ring (bicyclic) bond motifs is 1. The Hall–Kier alpha value is -4.83. The fourth-order valence-electron chi connectivity index (χ4n) is 5.61. The van der Waals surface area contributed by atoms with E-state index in [0.29, 0.717) is 30.2 Å². The Morgan fingerprint density at radius 2 is 1.73 bits per heavy atom. The number of carbonyl (C=O) groups is 4. The molecule has 7 atom stereocenters. The number of ether oxygens (including phenoxy) is 6. The molecule has 2 saturated heterocycles. The Balaban J connectivity index is 1.35. The second kappa shape index (κ2) is 15.4. The summed E-state index contributed by atoms with van der Waals surface area (Å²) in [5, 5.41) is 5.89. The summed E-state index contributed by atoms with van der Waals surface area (Å²) in [5.41, 5.74) is 1.58. The van der Waals surface area contributed by atoms with E-state index in [4.69, 9.17) is 28.4 Å². The number of benzene rings is 1. The van der Waals surface area contributed by atoms with Gasteiger partial charge in [-0.2, -0.15) is 0 Å². The highest BCUT2D eigenvalue weighted by atomic mass is 16.7. The van der Waals surface area contributed by atoms with E-state index in [-0.39, 0.29) is 18.6 Å². The molecule has 48 heavy (non-hydrogen) atoms. The fraction of sp³-hybridized carbons (Fsp3) is 0.531. The van der Waals surface area contributed by atoms with Crippen molar-refractivity contribution in [2.75, 3.05) is 18.5 Å². The molecule has 2 aliphatic heterocycles. The van der Waals surface area contributed by atoms with Crippen molar-refractivity contribution in [2.24, 2.45) is 5.92 Å². The zero-order valence-corrected chi connectivity index (χ0v) is 27.4. The Labute approximate surface area is 276 Å². The van der Waals surface area contributed by atoms with Crippen molar-refractivity contribution in [3.8, 4) is 0 Å². The molecule has 2 aromatic heterocycles. The molecule has 0 aliphatic carbocycles. The molecule has 2 fully saturated rings. The summed E-state index contributed by atoms with van der Waals surface area (Å²) in [4.78, 5) is 63.8. The smallest absolute Gasteiger partial charge is 0.408 e. The molecule has 3 aromatic rings. The molecule has 5 rings (SSSR count). The average Bonchev–Trinajstić information content (AvgIpc) is 3.79. The van der Waals surface area contributed by atoms with Gasteiger partial charge in [0, 0.05) is 20.5 Å². The highest BCUT2D eigenvalue weighted by molar-refractivity contribution is 5.83. The lowest BCUT2D eigenvalue weighted by Crippen LogP contribution is -2.49. The molecule has 0 radical (unpaired) electrons. The maximum atomic E-state index is 13.4. The Bertz CT molecular complexity index is 1590. The number of nitrogens with one attached hydrogen (secondary N) is 2. The van der Waals surface area contributed by atoms with Crippen LogP contribution in [-0.4, -0.2) is 93.2 Å². The topological polar surface area (TPSA) is 191 Å². The van der Waals surface area contributed by atoms with Crippen LogP contribution in [0, 0.1) is 5.92 Å². The summed E-state index contributed by atoms with van der Waals surface area (Å²) >= 11 is 0. The van der Waals surface area contributed by atoms with E-state index < -0.39 is 60.7 Å². The molecular weight excluding hydrogens is 628 g/mol. The van der Waals surface area contributed by atoms with E-state index in [2.05, 4.69) is 25.6 Å². The molecule has 0 saturated carbocycles. The number of anilines is 1. The number of carbonyl (C=O) groups excluding carboxylic acids is 4. The third kappa shape index (κ3) is 8.17. The minimum Gasteiger partial charge on any atom is -0.458 e. The minimum absolute atomic E-state index is 0.0161. The third-order valence-corrected chi connectivity index (χ3v) is 7.90. The number of alkyl carbamates (subject to hydrolysis) is 1. The lowest BCUT2D eigenvalue weighted by molar-refractivity contribution is -0.171. The average molecular weight is 669 g/mol. The van der Waals surface area contributed by atoms with Crippen LogP contribution in [0.5, 0.6) is 0 Å². The van der Waals surface area contributed by atoms with Gasteiger partial charge in [-0.05, 0) is 24.8 Å². The van der Waals surface area contributed by atoms with E-state index in [1.165, 1.54) is 26.5 Å². The summed E-state index contributed by atoms with van der Waals surface area (Å²) in [7, 11) is 0. The number of imidazole rings is 1. The molecule has 0 spiro atoms. The molecule has 1 unspecified atom stereocenters. The van der Waals surface area contributed by atoms with Crippen LogP contribution < -0.4 is 10.6 Å². The highest BCUT2D eigenvalue weighted by Gasteiger charge is 2.53. The summed E-state index contributed by atoms with van der Waals surface area (Å²) in [6.45, 7) is 8.63. The zero-order valence-electron chi connectivity index (χ0n) is 27.4. The van der Waals surface area contributed by atoms with Crippen LogP contribution in [0.3, 0.4) is 0 Å². The van der Waals surface area contributed by atoms with Gasteiger partial charge in [0.1, 0.15) is 31.2 Å². The van der Waals surface area contributed by atoms with Crippen molar-refractivity contribution in [3.63, 3.8) is 0 Å². The number of esters is 3. The van der Waals surface area contributed by atoms with E-state index in [1.807, 2.05) is 30.3 Å². The van der Waals surface area contributed by atoms with Gasteiger partial charge in [0.15, 0.2) is 35.4 Å². The molecule has 1 amide bonds. The standard InChI is InChI=1S/C32H40N6O10/c1-17(2)23(37-32(42)44-13-21-9-7-6-8-10-21)31(41)45-18(3)25-26(46-19(4)39)27(47-20(5)40)30(48-25)38-16-35-24-28(33-15-34-29(24)38)36-22-11-12-43-14-22/h6-10,15-18,22-23,25-27,30H,11-14H2,1-5H3,(H,37,42)(H,33,34,36)/t18?,22-,23+,25-,26-,27-,30-/m1/s1. The van der Waals surface area contributed by atoms with Crippen LogP contribution in [0.2, 0.25) is 0 Å². The summed E-state index contributed by atoms with van der Waals surface area (Å²) in [6, 6.07) is 8.08. The van der Waals surface area contributed by atoms with Crippen LogP contribution in [-0.2, 0) is 49.4 Å². The SMILES string of the molecule is CC(=O)O[C@@H]1[C@H](OC(C)=O)[C@@H](C(C)OC(=O)[C@@H](NC(=O)OCc2ccccc2)C(C)C)O[C@H]1n1cnc2c(N[C@@H]3CCOC3)ncnc21. The lowest BCUT2D eigenvalue weighted by Gasteiger charge is -2.28. The normalized spacial score (nSPS) is 23.3. The second-order valence-corrected chi connectivity index (χ2v) is 12.0. The highest BCUT2D eigenvalue weighted by Crippen LogP contribution is 2.38. The predicted molar refractivity (Wildman–Crippen MR) is 167 cm³/mol. The number of aromatic nitrogens is 4. The summed E-state index contributed by atoms with van der Waals surface area (Å²) < 4.78 is 35.7. The monoisotopic (exact) mass is 668 g/mol. The van der Waals surface area contributed by atoms with Crippen LogP contribution in [0.25, 0.3) is 11.2 Å². The Morgan fingerprint density at radius 3 is 2.40 bits per heavy atom. The summed E-state index contributed by atoms with van der Waals surface area (Å²) in [6.07, 6.45) is -2.75. The van der Waals surface area contributed by atoms with Crippen LogP contribution in [0.4, 0.5) is 10.6 Å². The molecule has 258 valence electrons. The van der Waals surface area contributed by atoms with Gasteiger partial charge in [-0.3, -0.25) is 14.2 Å². The zero-order chi connectivity index (χ0) is 34.4. The Morgan fingerprint density at radius 1 is 1.00 bits per heavy atom. The number of nitrogens with zero attached hydrogens (tertiary/aromatic N) is 4. The quantitative estimate of drug-likeness (QED) is 0.211. The van der Waals surface area contributed by atoms with Crippen molar-refractivity contribution in [2.45, 2.75) is 90.4 Å². The van der Waals surface area contributed by atoms with Crippen LogP contribution in [0.15, 0.2) is 43.0 Å². The van der Waals surface area contributed by atoms with Gasteiger partial charge in [-0.1, -0.05) is 44.2 Å². The van der Waals surface area contributed by atoms with Crippen molar-refractivity contribution >= 4 is 41.0 Å². The number of hydrogen-bond acceptors (Lipinski definition) is 14. The first-order chi connectivity index (χ1) is 23.0. The van der Waals surface area contributed by atoms with Crippen LogP contribution in [0.1, 0.15) is 52.8 Å². The van der Waals surface area contributed by atoms with Crippen molar-refractivity contribution in [1.82, 2.24) is 24.8 Å². The molecular formula is C32H40N6O10. The van der Waals surface area contributed by atoms with Gasteiger partial charge in [0.25, 0.3) is 0 Å². The number of rotatable bonds is 12. The number of amides is 1. The Kier molecular flexibility index (Phi) is 11.1. The predicted octanol–water partition coefficient (Wildman–Crippen LogP) is 2.67. The minimum atomic E-state index is -1.19. The molecule has 16 nitrogen and oxygen atoms in total. The van der Waals surface area contributed by atoms with E-state index in [0.717, 1.165) is 12.0 Å². The lowest BCUT2D eigenvalue weighted by atomic mass is 10.0. The molecule has 0 bridgehead atoms. The molecule has 2 aliphatic rings. The summed E-state index contributed by atoms with van der Waals surface area (Å²) in [5.74, 6) is -1.98. The van der Waals surface area contributed by atoms with Gasteiger partial charge in [-0.15, -0.1) is 0 Å². The van der Waals surface area contributed by atoms with Gasteiger partial charge in [0.2, 0.25) is 0 Å². The van der Waals surface area contributed by atoms with Crippen molar-refractivity contribution in [3.05, 3.63) is 48.5 Å². The van der Waals surface area contributed by atoms with Crippen molar-refractivity contribution in [1.29, 1.82) is 0 Å². The van der Waals surface area contributed by atoms with E-state index in [9.17, 15) is 19.2 Å². The second-order valence-electron chi connectivity index (χ2n) is 12.0. The molecule has 4 heterocycles. The largest absolute Gasteiger partial charge is 0.458 e. The van der Waals surface area contributed by atoms with E-state index in [1.54, 1.807) is 25.3 Å². The maximum absolute atomic E-state index is 13.4. The van der Waals surface area contributed by atoms with Gasteiger partial charge >= 0.3 is 24.0 Å².